The summed E-state index contributed by atoms with van der Waals surface area (Å²) in [6.07, 6.45) is 2.21. The van der Waals surface area contributed by atoms with E-state index in [4.69, 9.17) is 4.52 Å². The molecule has 0 radical (unpaired) electrons. The normalized spacial score (nSPS) is 18.7. The van der Waals surface area contributed by atoms with Gasteiger partial charge in [0.2, 0.25) is 11.8 Å². The first-order chi connectivity index (χ1) is 9.63. The van der Waals surface area contributed by atoms with Crippen molar-refractivity contribution in [1.29, 1.82) is 0 Å². The maximum atomic E-state index is 12.4. The van der Waals surface area contributed by atoms with Gasteiger partial charge in [0.25, 0.3) is 0 Å². The summed E-state index contributed by atoms with van der Waals surface area (Å²) in [5, 5.41) is 6.87. The maximum absolute atomic E-state index is 12.4. The lowest BCUT2D eigenvalue weighted by atomic mass is 10.2. The summed E-state index contributed by atoms with van der Waals surface area (Å²) in [5.74, 6) is 1.23. The van der Waals surface area contributed by atoms with Crippen LogP contribution in [0.1, 0.15) is 41.3 Å². The Labute approximate surface area is 120 Å². The van der Waals surface area contributed by atoms with Crippen molar-refractivity contribution in [2.75, 3.05) is 6.54 Å². The average Bonchev–Trinajstić information content (AvgIpc) is 3.09. The summed E-state index contributed by atoms with van der Waals surface area (Å²) >= 11 is 1.57. The largest absolute Gasteiger partial charge is 0.340 e. The van der Waals surface area contributed by atoms with Crippen LogP contribution in [0.4, 0.5) is 0 Å². The van der Waals surface area contributed by atoms with Crippen LogP contribution >= 0.6 is 11.3 Å². The Kier molecular flexibility index (Phi) is 3.52. The van der Waals surface area contributed by atoms with Crippen LogP contribution in [0.15, 0.2) is 9.90 Å². The van der Waals surface area contributed by atoms with Gasteiger partial charge in [-0.05, 0) is 19.8 Å². The highest BCUT2D eigenvalue weighted by Crippen LogP contribution is 2.30. The summed E-state index contributed by atoms with van der Waals surface area (Å²) in [6.45, 7) is 4.45. The molecule has 0 saturated carbocycles. The predicted octanol–water partition coefficient (Wildman–Crippen LogP) is 2.05. The van der Waals surface area contributed by atoms with Crippen molar-refractivity contribution in [3.63, 3.8) is 0 Å². The van der Waals surface area contributed by atoms with Gasteiger partial charge in [-0.2, -0.15) is 4.98 Å². The molecule has 1 amide bonds. The number of hydrogen-bond acceptors (Lipinski definition) is 6. The van der Waals surface area contributed by atoms with Gasteiger partial charge in [0, 0.05) is 18.8 Å². The minimum atomic E-state index is -0.0558. The molecule has 1 aliphatic heterocycles. The molecule has 1 saturated heterocycles. The predicted molar refractivity (Wildman–Crippen MR) is 73.3 cm³/mol. The van der Waals surface area contributed by atoms with Crippen LogP contribution in [0.2, 0.25) is 0 Å². The van der Waals surface area contributed by atoms with Crippen molar-refractivity contribution >= 4 is 17.2 Å². The third-order valence-electron chi connectivity index (χ3n) is 3.41. The molecule has 3 rings (SSSR count). The summed E-state index contributed by atoms with van der Waals surface area (Å²) in [5.41, 5.74) is 0.840. The number of aromatic nitrogens is 3. The van der Waals surface area contributed by atoms with E-state index in [2.05, 4.69) is 15.1 Å². The first-order valence-corrected chi connectivity index (χ1v) is 7.52. The van der Waals surface area contributed by atoms with E-state index < -0.39 is 0 Å². The van der Waals surface area contributed by atoms with Gasteiger partial charge in [-0.1, -0.05) is 5.16 Å². The molecule has 0 spiro atoms. The Morgan fingerprint density at radius 2 is 2.35 bits per heavy atom. The number of aryl methyl sites for hydroxylation is 2. The number of hydrogen-bond donors (Lipinski definition) is 0. The molecular weight excluding hydrogens is 276 g/mol. The fourth-order valence-corrected chi connectivity index (χ4v) is 3.14. The van der Waals surface area contributed by atoms with E-state index in [0.29, 0.717) is 18.1 Å². The SMILES string of the molecule is Cc1nc([C@@H]2CCCN2C(=O)Cc2csc(C)n2)no1. The Morgan fingerprint density at radius 1 is 1.50 bits per heavy atom. The molecule has 7 heteroatoms. The van der Waals surface area contributed by atoms with E-state index in [-0.39, 0.29) is 11.9 Å². The molecule has 2 aromatic heterocycles. The Morgan fingerprint density at radius 3 is 3.00 bits per heavy atom. The van der Waals surface area contributed by atoms with Crippen LogP contribution in [-0.4, -0.2) is 32.5 Å². The highest BCUT2D eigenvalue weighted by molar-refractivity contribution is 7.09. The molecule has 6 nitrogen and oxygen atoms in total. The summed E-state index contributed by atoms with van der Waals surface area (Å²) < 4.78 is 5.02. The van der Waals surface area contributed by atoms with Gasteiger partial charge < -0.3 is 9.42 Å². The molecule has 0 aromatic carbocycles. The Hall–Kier alpha value is -1.76. The molecule has 3 heterocycles. The fourth-order valence-electron chi connectivity index (χ4n) is 2.53. The van der Waals surface area contributed by atoms with Crippen LogP contribution in [0, 0.1) is 13.8 Å². The third kappa shape index (κ3) is 2.58. The van der Waals surface area contributed by atoms with Gasteiger partial charge in [0.05, 0.1) is 23.2 Å². The van der Waals surface area contributed by atoms with Crippen LogP contribution in [-0.2, 0) is 11.2 Å². The number of carbonyl (C=O) groups is 1. The zero-order chi connectivity index (χ0) is 14.1. The maximum Gasteiger partial charge on any atom is 0.229 e. The van der Waals surface area contributed by atoms with Crippen molar-refractivity contribution in [3.05, 3.63) is 27.8 Å². The highest BCUT2D eigenvalue weighted by Gasteiger charge is 2.33. The average molecular weight is 292 g/mol. The molecule has 0 bridgehead atoms. The van der Waals surface area contributed by atoms with Gasteiger partial charge >= 0.3 is 0 Å². The molecular formula is C13H16N4O2S. The molecule has 106 valence electrons. The van der Waals surface area contributed by atoms with Gasteiger partial charge in [-0.25, -0.2) is 4.98 Å². The highest BCUT2D eigenvalue weighted by atomic mass is 32.1. The summed E-state index contributed by atoms with van der Waals surface area (Å²) in [4.78, 5) is 22.9. The minimum absolute atomic E-state index is 0.0558. The molecule has 1 aliphatic rings. The molecule has 1 atom stereocenters. The second-order valence-electron chi connectivity index (χ2n) is 4.95. The van der Waals surface area contributed by atoms with E-state index in [1.807, 2.05) is 17.2 Å². The smallest absolute Gasteiger partial charge is 0.229 e. The minimum Gasteiger partial charge on any atom is -0.340 e. The second-order valence-corrected chi connectivity index (χ2v) is 6.01. The van der Waals surface area contributed by atoms with Crippen molar-refractivity contribution in [2.45, 2.75) is 39.2 Å². The lowest BCUT2D eigenvalue weighted by Gasteiger charge is -2.21. The van der Waals surface area contributed by atoms with Gasteiger partial charge in [-0.15, -0.1) is 11.3 Å². The lowest BCUT2D eigenvalue weighted by Crippen LogP contribution is -2.32. The van der Waals surface area contributed by atoms with Gasteiger partial charge in [0.15, 0.2) is 5.82 Å². The first-order valence-electron chi connectivity index (χ1n) is 6.64. The van der Waals surface area contributed by atoms with Crippen molar-refractivity contribution < 1.29 is 9.32 Å². The van der Waals surface area contributed by atoms with Gasteiger partial charge in [-0.3, -0.25) is 4.79 Å². The second kappa shape index (κ2) is 5.32. The van der Waals surface area contributed by atoms with Gasteiger partial charge in [0.1, 0.15) is 0 Å². The summed E-state index contributed by atoms with van der Waals surface area (Å²) in [7, 11) is 0. The van der Waals surface area contributed by atoms with E-state index in [9.17, 15) is 4.79 Å². The number of rotatable bonds is 3. The topological polar surface area (TPSA) is 72.1 Å². The number of likely N-dealkylation sites (tertiary alicyclic amines) is 1. The van der Waals surface area contributed by atoms with Crippen molar-refractivity contribution in [1.82, 2.24) is 20.0 Å². The molecule has 2 aromatic rings. The van der Waals surface area contributed by atoms with Crippen LogP contribution < -0.4 is 0 Å². The number of amides is 1. The number of thiazole rings is 1. The van der Waals surface area contributed by atoms with E-state index in [1.54, 1.807) is 18.3 Å². The van der Waals surface area contributed by atoms with E-state index in [1.165, 1.54) is 0 Å². The molecule has 0 N–H and O–H groups in total. The Bertz CT molecular complexity index is 621. The lowest BCUT2D eigenvalue weighted by molar-refractivity contribution is -0.131. The monoisotopic (exact) mass is 292 g/mol. The molecule has 0 aliphatic carbocycles. The number of carbonyl (C=O) groups excluding carboxylic acids is 1. The number of nitrogens with zero attached hydrogens (tertiary/aromatic N) is 4. The molecule has 20 heavy (non-hydrogen) atoms. The van der Waals surface area contributed by atoms with Crippen molar-refractivity contribution in [3.8, 4) is 0 Å². The van der Waals surface area contributed by atoms with E-state index >= 15 is 0 Å². The Balaban J connectivity index is 1.73. The standard InChI is InChI=1S/C13H16N4O2S/c1-8-14-13(16-19-8)11-4-3-5-17(11)12(18)6-10-7-20-9(2)15-10/h7,11H,3-6H2,1-2H3/t11-/m0/s1. The fraction of sp³-hybridized carbons (Fsp3) is 0.538. The van der Waals surface area contributed by atoms with Crippen LogP contribution in [0.3, 0.4) is 0 Å². The quantitative estimate of drug-likeness (QED) is 0.865. The molecule has 0 unspecified atom stereocenters. The third-order valence-corrected chi connectivity index (χ3v) is 4.24. The van der Waals surface area contributed by atoms with E-state index in [0.717, 1.165) is 30.1 Å². The van der Waals surface area contributed by atoms with Crippen LogP contribution in [0.25, 0.3) is 0 Å². The van der Waals surface area contributed by atoms with Crippen LogP contribution in [0.5, 0.6) is 0 Å². The zero-order valence-corrected chi connectivity index (χ0v) is 12.3. The first kappa shape index (κ1) is 13.2. The van der Waals surface area contributed by atoms with Crippen molar-refractivity contribution in [2.24, 2.45) is 0 Å². The summed E-state index contributed by atoms with van der Waals surface area (Å²) in [6, 6.07) is -0.0558. The molecule has 1 fully saturated rings. The zero-order valence-electron chi connectivity index (χ0n) is 11.5.